The third-order valence-corrected chi connectivity index (χ3v) is 0.533. The van der Waals surface area contributed by atoms with Gasteiger partial charge in [0.15, 0.2) is 8.89 Å². The monoisotopic (exact) mass is 104 g/mol. The number of hydrogen-bond donors (Lipinski definition) is 0. The lowest BCUT2D eigenvalue weighted by molar-refractivity contribution is -0.106. The molecule has 3 heteroatoms. The molecule has 1 nitrogen and oxygen atoms in total. The summed E-state index contributed by atoms with van der Waals surface area (Å²) in [5.74, 6) is 1.61. The fourth-order valence-electron chi connectivity index (χ4n) is 0.0273. The van der Waals surface area contributed by atoms with Crippen LogP contribution in [0.25, 0.3) is 0 Å². The van der Waals surface area contributed by atoms with E-state index in [0.717, 1.165) is 0 Å². The first-order valence-corrected chi connectivity index (χ1v) is 2.06. The van der Waals surface area contributed by atoms with Gasteiger partial charge in [0, 0.05) is 0 Å². The van der Waals surface area contributed by atoms with Gasteiger partial charge >= 0.3 is 0 Å². The molecule has 6 heavy (non-hydrogen) atoms. The lowest BCUT2D eigenvalue weighted by Crippen LogP contribution is -1.72. The molecule has 32 valence electrons. The van der Waals surface area contributed by atoms with Crippen molar-refractivity contribution in [1.82, 2.24) is 0 Å². The van der Waals surface area contributed by atoms with Crippen molar-refractivity contribution in [2.45, 2.75) is 0 Å². The van der Waals surface area contributed by atoms with Gasteiger partial charge in [-0.1, -0.05) is 0 Å². The van der Waals surface area contributed by atoms with Crippen molar-refractivity contribution in [1.29, 1.82) is 0 Å². The third kappa shape index (κ3) is 1.87. The van der Waals surface area contributed by atoms with E-state index in [1.165, 1.54) is 0 Å². The molecule has 0 aromatic heterocycles. The van der Waals surface area contributed by atoms with Gasteiger partial charge in [-0.15, -0.1) is 6.42 Å². The topological polar surface area (TPSA) is 17.1 Å². The summed E-state index contributed by atoms with van der Waals surface area (Å²) in [4.78, 5) is 9.58. The highest BCUT2D eigenvalue weighted by molar-refractivity contribution is 7.53. The van der Waals surface area contributed by atoms with Gasteiger partial charge in [0.2, 0.25) is 0 Å². The number of terminal acetylenes is 1. The van der Waals surface area contributed by atoms with Crippen molar-refractivity contribution in [2.75, 3.05) is 0 Å². The average Bonchev–Trinajstić information content (AvgIpc) is 1.65. The zero-order chi connectivity index (χ0) is 4.99. The Hall–Kier alpha value is -0.410. The molecule has 0 heterocycles. The van der Waals surface area contributed by atoms with Crippen LogP contribution in [0.2, 0.25) is 0 Å². The van der Waals surface area contributed by atoms with Crippen molar-refractivity contribution in [2.24, 2.45) is 0 Å². The molecule has 0 aromatic carbocycles. The molecule has 0 N–H and O–H groups in total. The van der Waals surface area contributed by atoms with Gasteiger partial charge in [-0.25, -0.2) is 4.20 Å². The van der Waals surface area contributed by atoms with Crippen LogP contribution >= 0.6 is 8.89 Å². The van der Waals surface area contributed by atoms with E-state index in [2.05, 4.69) is 6.42 Å². The molecule has 0 rings (SSSR count). The summed E-state index contributed by atoms with van der Waals surface area (Å²) in [5, 5.41) is 0. The Morgan fingerprint density at radius 3 is 2.50 bits per heavy atom. The second kappa shape index (κ2) is 2.81. The van der Waals surface area contributed by atoms with Gasteiger partial charge in [0.1, 0.15) is 0 Å². The Kier molecular flexibility index (Phi) is 2.62. The van der Waals surface area contributed by atoms with Gasteiger partial charge in [-0.2, -0.15) is 0 Å². The zero-order valence-electron chi connectivity index (χ0n) is 2.86. The van der Waals surface area contributed by atoms with Gasteiger partial charge in [-0.05, 0) is 5.92 Å². The van der Waals surface area contributed by atoms with Gasteiger partial charge in [-0.3, -0.25) is 4.79 Å². The molecule has 1 unspecified atom stereocenters. The lowest BCUT2D eigenvalue weighted by atomic mass is 10.8. The van der Waals surface area contributed by atoms with Crippen molar-refractivity contribution < 1.29 is 8.99 Å². The van der Waals surface area contributed by atoms with E-state index in [4.69, 9.17) is 0 Å². The van der Waals surface area contributed by atoms with E-state index in [1.807, 2.05) is 0 Å². The molecule has 0 aromatic rings. The van der Waals surface area contributed by atoms with Crippen molar-refractivity contribution in [3.8, 4) is 12.3 Å². The predicted octanol–water partition coefficient (Wildman–Crippen LogP) is 0.709. The van der Waals surface area contributed by atoms with E-state index < -0.39 is 14.4 Å². The number of rotatable bonds is 1. The summed E-state index contributed by atoms with van der Waals surface area (Å²) in [6, 6.07) is 0. The maximum absolute atomic E-state index is 10.9. The van der Waals surface area contributed by atoms with Crippen LogP contribution in [0.3, 0.4) is 0 Å². The molecule has 1 atom stereocenters. The fraction of sp³-hybridized carbons (Fsp3) is 0. The van der Waals surface area contributed by atoms with Crippen molar-refractivity contribution in [3.05, 3.63) is 0 Å². The molecule has 0 radical (unpaired) electrons. The molecule has 0 spiro atoms. The van der Waals surface area contributed by atoms with Crippen LogP contribution < -0.4 is 0 Å². The van der Waals surface area contributed by atoms with Crippen LogP contribution in [-0.4, -0.2) is 5.52 Å². The Morgan fingerprint density at radius 1 is 2.00 bits per heavy atom. The standard InChI is InChI=1S/C3H2FOP/c1-2-3(5)6-4/h1,6H. The summed E-state index contributed by atoms with van der Waals surface area (Å²) in [6.07, 6.45) is 4.45. The highest BCUT2D eigenvalue weighted by Gasteiger charge is 1.87. The Bertz CT molecular complexity index is 93.5. The third-order valence-electron chi connectivity index (χ3n) is 0.217. The summed E-state index contributed by atoms with van der Waals surface area (Å²) in [6.45, 7) is 0. The molecule has 0 aliphatic rings. The second-order valence-corrected chi connectivity index (χ2v) is 1.21. The van der Waals surface area contributed by atoms with Crippen LogP contribution in [-0.2, 0) is 4.79 Å². The molecular formula is C3H2FOP. The SMILES string of the molecule is C#CC(=O)PF. The minimum Gasteiger partial charge on any atom is -0.277 e. The normalized spacial score (nSPS) is 8.67. The maximum atomic E-state index is 10.9. The van der Waals surface area contributed by atoms with Gasteiger partial charge in [0.25, 0.3) is 5.52 Å². The van der Waals surface area contributed by atoms with E-state index in [1.54, 1.807) is 5.92 Å². The van der Waals surface area contributed by atoms with E-state index >= 15 is 0 Å². The summed E-state index contributed by atoms with van der Waals surface area (Å²) >= 11 is 0. The van der Waals surface area contributed by atoms with Gasteiger partial charge in [0.05, 0.1) is 0 Å². The first kappa shape index (κ1) is 5.59. The molecule has 0 aliphatic carbocycles. The molecule has 0 saturated heterocycles. The van der Waals surface area contributed by atoms with Crippen molar-refractivity contribution in [3.63, 3.8) is 0 Å². The minimum absolute atomic E-state index is 0.769. The van der Waals surface area contributed by atoms with Crippen LogP contribution in [0.4, 0.5) is 4.20 Å². The van der Waals surface area contributed by atoms with Crippen molar-refractivity contribution >= 4 is 14.4 Å². The Balaban J connectivity index is 3.33. The molecule has 0 bridgehead atoms. The second-order valence-electron chi connectivity index (χ2n) is 0.568. The lowest BCUT2D eigenvalue weighted by Gasteiger charge is -1.67. The fourth-order valence-corrected chi connectivity index (χ4v) is 0.0818. The zero-order valence-corrected chi connectivity index (χ0v) is 3.86. The van der Waals surface area contributed by atoms with Crippen LogP contribution in [0, 0.1) is 12.3 Å². The molecule has 0 saturated carbocycles. The minimum atomic E-state index is -1.24. The van der Waals surface area contributed by atoms with Crippen LogP contribution in [0.5, 0.6) is 0 Å². The molecule has 0 fully saturated rings. The number of carbonyl (C=O) groups is 1. The highest BCUT2D eigenvalue weighted by Crippen LogP contribution is 2.08. The highest BCUT2D eigenvalue weighted by atomic mass is 31.1. The smallest absolute Gasteiger partial charge is 0.255 e. The van der Waals surface area contributed by atoms with Crippen LogP contribution in [0.15, 0.2) is 0 Å². The Labute approximate surface area is 36.8 Å². The molecule has 0 amide bonds. The first-order valence-electron chi connectivity index (χ1n) is 1.18. The maximum Gasteiger partial charge on any atom is 0.255 e. The van der Waals surface area contributed by atoms with Crippen LogP contribution in [0.1, 0.15) is 0 Å². The first-order chi connectivity index (χ1) is 2.81. The predicted molar refractivity (Wildman–Crippen MR) is 23.3 cm³/mol. The largest absolute Gasteiger partial charge is 0.277 e. The summed E-state index contributed by atoms with van der Waals surface area (Å²) in [5.41, 5.74) is -0.769. The summed E-state index contributed by atoms with van der Waals surface area (Å²) in [7, 11) is -1.24. The average molecular weight is 104 g/mol. The molecule has 0 aliphatic heterocycles. The van der Waals surface area contributed by atoms with E-state index in [-0.39, 0.29) is 0 Å². The molecular weight excluding hydrogens is 102 g/mol. The number of carbonyl (C=O) groups excluding carboxylic acids is 1. The van der Waals surface area contributed by atoms with E-state index in [0.29, 0.717) is 0 Å². The summed E-state index contributed by atoms with van der Waals surface area (Å²) < 4.78 is 10.9. The Morgan fingerprint density at radius 2 is 2.50 bits per heavy atom. The van der Waals surface area contributed by atoms with E-state index in [9.17, 15) is 8.99 Å². The number of hydrogen-bond acceptors (Lipinski definition) is 1. The quantitative estimate of drug-likeness (QED) is 0.353. The van der Waals surface area contributed by atoms with Gasteiger partial charge < -0.3 is 0 Å². The number of halogens is 1.